The van der Waals surface area contributed by atoms with Gasteiger partial charge in [0.1, 0.15) is 0 Å². The van der Waals surface area contributed by atoms with Crippen LogP contribution in [0.2, 0.25) is 0 Å². The van der Waals surface area contributed by atoms with E-state index in [4.69, 9.17) is 5.11 Å². The van der Waals surface area contributed by atoms with Gasteiger partial charge in [0.25, 0.3) is 5.91 Å². The molecule has 6 heteroatoms. The molecule has 0 spiro atoms. The number of carbonyl (C=O) groups excluding carboxylic acids is 1. The van der Waals surface area contributed by atoms with E-state index in [1.807, 2.05) is 0 Å². The highest BCUT2D eigenvalue weighted by atomic mass is 32.1. The van der Waals surface area contributed by atoms with Crippen LogP contribution in [0.1, 0.15) is 78.6 Å². The molecule has 118 valence electrons. The quantitative estimate of drug-likeness (QED) is 0.610. The molecule has 0 saturated heterocycles. The fraction of sp³-hybridized carbons (Fsp3) is 0.667. The summed E-state index contributed by atoms with van der Waals surface area (Å²) in [7, 11) is 0. The number of carboxylic acids is 1. The second-order valence-corrected chi connectivity index (χ2v) is 5.93. The molecule has 0 saturated carbocycles. The van der Waals surface area contributed by atoms with Crippen LogP contribution in [0.3, 0.4) is 0 Å². The third kappa shape index (κ3) is 7.22. The van der Waals surface area contributed by atoms with Gasteiger partial charge < -0.3 is 10.4 Å². The number of aromatic carboxylic acids is 1. The lowest BCUT2D eigenvalue weighted by molar-refractivity contribution is 0.0691. The summed E-state index contributed by atoms with van der Waals surface area (Å²) < 4.78 is 0. The first-order valence-corrected chi connectivity index (χ1v) is 8.50. The van der Waals surface area contributed by atoms with Crippen molar-refractivity contribution in [1.29, 1.82) is 0 Å². The summed E-state index contributed by atoms with van der Waals surface area (Å²) in [6.07, 6.45) is 9.76. The van der Waals surface area contributed by atoms with Gasteiger partial charge in [-0.3, -0.25) is 4.79 Å². The highest BCUT2D eigenvalue weighted by Crippen LogP contribution is 2.10. The van der Waals surface area contributed by atoms with Gasteiger partial charge in [-0.15, -0.1) is 11.3 Å². The monoisotopic (exact) mass is 312 g/mol. The van der Waals surface area contributed by atoms with Gasteiger partial charge in [-0.25, -0.2) is 9.78 Å². The Balaban J connectivity index is 2.06. The SMILES string of the molecule is CCCCCCCCCCNC(=O)c1nc(C(=O)O)cs1. The van der Waals surface area contributed by atoms with Crippen LogP contribution in [0.4, 0.5) is 0 Å². The van der Waals surface area contributed by atoms with E-state index in [9.17, 15) is 9.59 Å². The molecule has 5 nitrogen and oxygen atoms in total. The Kier molecular flexibility index (Phi) is 8.66. The number of hydrogen-bond acceptors (Lipinski definition) is 4. The highest BCUT2D eigenvalue weighted by Gasteiger charge is 2.13. The van der Waals surface area contributed by atoms with Crippen molar-refractivity contribution in [3.63, 3.8) is 0 Å². The van der Waals surface area contributed by atoms with Crippen LogP contribution < -0.4 is 5.32 Å². The smallest absolute Gasteiger partial charge is 0.355 e. The van der Waals surface area contributed by atoms with Crippen molar-refractivity contribution < 1.29 is 14.7 Å². The van der Waals surface area contributed by atoms with Crippen LogP contribution in [-0.2, 0) is 0 Å². The Morgan fingerprint density at radius 3 is 2.33 bits per heavy atom. The van der Waals surface area contributed by atoms with E-state index in [1.54, 1.807) is 0 Å². The molecule has 0 fully saturated rings. The van der Waals surface area contributed by atoms with Crippen LogP contribution in [0, 0.1) is 0 Å². The molecule has 0 aliphatic carbocycles. The summed E-state index contributed by atoms with van der Waals surface area (Å²) in [4.78, 5) is 26.2. The van der Waals surface area contributed by atoms with Crippen molar-refractivity contribution in [1.82, 2.24) is 10.3 Å². The van der Waals surface area contributed by atoms with Gasteiger partial charge in [0.05, 0.1) is 0 Å². The average Bonchev–Trinajstić information content (AvgIpc) is 2.95. The second-order valence-electron chi connectivity index (χ2n) is 5.07. The minimum Gasteiger partial charge on any atom is -0.476 e. The van der Waals surface area contributed by atoms with Crippen LogP contribution in [0.15, 0.2) is 5.38 Å². The number of thiazole rings is 1. The van der Waals surface area contributed by atoms with E-state index in [0.717, 1.165) is 24.2 Å². The van der Waals surface area contributed by atoms with Gasteiger partial charge >= 0.3 is 5.97 Å². The number of aromatic nitrogens is 1. The Morgan fingerprint density at radius 2 is 1.76 bits per heavy atom. The summed E-state index contributed by atoms with van der Waals surface area (Å²) in [6, 6.07) is 0. The molecule has 1 rings (SSSR count). The number of amides is 1. The Morgan fingerprint density at radius 1 is 1.14 bits per heavy atom. The van der Waals surface area contributed by atoms with Gasteiger partial charge in [-0.2, -0.15) is 0 Å². The Hall–Kier alpha value is -1.43. The minimum atomic E-state index is -1.10. The molecular weight excluding hydrogens is 288 g/mol. The van der Waals surface area contributed by atoms with Crippen molar-refractivity contribution in [2.75, 3.05) is 6.54 Å². The number of hydrogen-bond donors (Lipinski definition) is 2. The molecule has 0 aliphatic rings. The van der Waals surface area contributed by atoms with E-state index in [1.165, 1.54) is 43.9 Å². The summed E-state index contributed by atoms with van der Waals surface area (Å²) >= 11 is 1.06. The zero-order chi connectivity index (χ0) is 15.5. The lowest BCUT2D eigenvalue weighted by atomic mass is 10.1. The topological polar surface area (TPSA) is 79.3 Å². The predicted molar refractivity (Wildman–Crippen MR) is 84.0 cm³/mol. The fourth-order valence-electron chi connectivity index (χ4n) is 2.01. The zero-order valence-corrected chi connectivity index (χ0v) is 13.4. The van der Waals surface area contributed by atoms with Gasteiger partial charge in [0.2, 0.25) is 0 Å². The van der Waals surface area contributed by atoms with Gasteiger partial charge in [-0.1, -0.05) is 51.9 Å². The molecule has 21 heavy (non-hydrogen) atoms. The normalized spacial score (nSPS) is 10.5. The molecule has 1 heterocycles. The maximum Gasteiger partial charge on any atom is 0.355 e. The third-order valence-corrected chi connectivity index (χ3v) is 4.07. The largest absolute Gasteiger partial charge is 0.476 e. The number of nitrogens with zero attached hydrogens (tertiary/aromatic N) is 1. The van der Waals surface area contributed by atoms with Crippen LogP contribution in [0.5, 0.6) is 0 Å². The fourth-order valence-corrected chi connectivity index (χ4v) is 2.72. The van der Waals surface area contributed by atoms with Crippen LogP contribution in [-0.4, -0.2) is 28.5 Å². The molecule has 2 N–H and O–H groups in total. The third-order valence-electron chi connectivity index (χ3n) is 3.23. The number of rotatable bonds is 11. The van der Waals surface area contributed by atoms with Crippen molar-refractivity contribution in [3.8, 4) is 0 Å². The van der Waals surface area contributed by atoms with Gasteiger partial charge in [0, 0.05) is 11.9 Å². The highest BCUT2D eigenvalue weighted by molar-refractivity contribution is 7.11. The minimum absolute atomic E-state index is 0.0720. The molecular formula is C15H24N2O3S. The number of unbranched alkanes of at least 4 members (excludes halogenated alkanes) is 7. The zero-order valence-electron chi connectivity index (χ0n) is 12.6. The number of carboxylic acid groups (broad SMARTS) is 1. The molecule has 0 unspecified atom stereocenters. The first-order valence-electron chi connectivity index (χ1n) is 7.62. The summed E-state index contributed by atoms with van der Waals surface area (Å²) in [5.41, 5.74) is -0.0720. The Labute approximate surface area is 129 Å². The number of carbonyl (C=O) groups is 2. The lowest BCUT2D eigenvalue weighted by Gasteiger charge is -2.03. The predicted octanol–water partition coefficient (Wildman–Crippen LogP) is 3.71. The van der Waals surface area contributed by atoms with E-state index >= 15 is 0 Å². The molecule has 1 amide bonds. The first kappa shape index (κ1) is 17.6. The maximum absolute atomic E-state index is 11.7. The van der Waals surface area contributed by atoms with Crippen LogP contribution >= 0.6 is 11.3 Å². The molecule has 1 aromatic heterocycles. The van der Waals surface area contributed by atoms with Crippen LogP contribution in [0.25, 0.3) is 0 Å². The first-order chi connectivity index (χ1) is 10.1. The second kappa shape index (κ2) is 10.3. The standard InChI is InChI=1S/C15H24N2O3S/c1-2-3-4-5-6-7-8-9-10-16-13(18)14-17-12(11-21-14)15(19)20/h11H,2-10H2,1H3,(H,16,18)(H,19,20). The molecule has 0 atom stereocenters. The van der Waals surface area contributed by atoms with E-state index in [0.29, 0.717) is 6.54 Å². The lowest BCUT2D eigenvalue weighted by Crippen LogP contribution is -2.24. The maximum atomic E-state index is 11.7. The van der Waals surface area contributed by atoms with E-state index in [-0.39, 0.29) is 16.6 Å². The van der Waals surface area contributed by atoms with Crippen molar-refractivity contribution >= 4 is 23.2 Å². The number of nitrogens with one attached hydrogen (secondary N) is 1. The Bertz CT molecular complexity index is 446. The molecule has 0 radical (unpaired) electrons. The van der Waals surface area contributed by atoms with Gasteiger partial charge in [0.15, 0.2) is 10.7 Å². The summed E-state index contributed by atoms with van der Waals surface area (Å²) in [5, 5.41) is 13.1. The van der Waals surface area contributed by atoms with Crippen molar-refractivity contribution in [2.45, 2.75) is 58.3 Å². The molecule has 0 aromatic carbocycles. The van der Waals surface area contributed by atoms with Crippen molar-refractivity contribution in [3.05, 3.63) is 16.1 Å². The van der Waals surface area contributed by atoms with E-state index in [2.05, 4.69) is 17.2 Å². The molecule has 0 bridgehead atoms. The van der Waals surface area contributed by atoms with Crippen molar-refractivity contribution in [2.24, 2.45) is 0 Å². The molecule has 1 aromatic rings. The van der Waals surface area contributed by atoms with E-state index < -0.39 is 5.97 Å². The van der Waals surface area contributed by atoms with Gasteiger partial charge in [-0.05, 0) is 6.42 Å². The summed E-state index contributed by atoms with van der Waals surface area (Å²) in [5.74, 6) is -1.39. The average molecular weight is 312 g/mol. The molecule has 0 aliphatic heterocycles. The summed E-state index contributed by atoms with van der Waals surface area (Å²) in [6.45, 7) is 2.83.